The Kier molecular flexibility index (Phi) is 5.37. The molecule has 1 atom stereocenters. The van der Waals surface area contributed by atoms with Gasteiger partial charge in [-0.15, -0.1) is 0 Å². The smallest absolute Gasteiger partial charge is 0.256 e. The van der Waals surface area contributed by atoms with Crippen molar-refractivity contribution in [1.29, 1.82) is 0 Å². The van der Waals surface area contributed by atoms with Gasteiger partial charge in [-0.1, -0.05) is 12.8 Å². The molecule has 5 rings (SSSR count). The maximum absolute atomic E-state index is 12.9. The second kappa shape index (κ2) is 8.16. The molecular weight excluding hydrogens is 380 g/mol. The molecule has 4 aliphatic rings. The standard InChI is InChI=1S/C23H32N4O3/c28-20(13-15-5-1-2-6-15)26-12-10-18-17(14-26)22(29)25-21(24-18)19-7-3-4-11-27(19)23(30)16-8-9-16/h15-16,19H,1-14H2,(H,24,25,29). The molecule has 0 spiro atoms. The average Bonchev–Trinajstić information content (AvgIpc) is 3.50. The van der Waals surface area contributed by atoms with Gasteiger partial charge in [0.2, 0.25) is 11.8 Å². The van der Waals surface area contributed by atoms with Crippen molar-refractivity contribution in [3.05, 3.63) is 27.4 Å². The Labute approximate surface area is 177 Å². The van der Waals surface area contributed by atoms with E-state index in [1.54, 1.807) is 0 Å². The fourth-order valence-corrected chi connectivity index (χ4v) is 5.45. The molecule has 2 saturated carbocycles. The van der Waals surface area contributed by atoms with E-state index in [-0.39, 0.29) is 29.3 Å². The van der Waals surface area contributed by atoms with Crippen LogP contribution in [-0.4, -0.2) is 44.7 Å². The average molecular weight is 413 g/mol. The summed E-state index contributed by atoms with van der Waals surface area (Å²) in [7, 11) is 0. The summed E-state index contributed by atoms with van der Waals surface area (Å²) in [5.74, 6) is 1.72. The number of rotatable bonds is 4. The number of H-pyrrole nitrogens is 1. The molecule has 0 bridgehead atoms. The Bertz CT molecular complexity index is 885. The van der Waals surface area contributed by atoms with E-state index in [2.05, 4.69) is 4.98 Å². The third kappa shape index (κ3) is 3.91. The van der Waals surface area contributed by atoms with Gasteiger partial charge < -0.3 is 14.8 Å². The molecule has 1 unspecified atom stereocenters. The van der Waals surface area contributed by atoms with Gasteiger partial charge in [0.15, 0.2) is 0 Å². The van der Waals surface area contributed by atoms with Gasteiger partial charge in [-0.25, -0.2) is 4.98 Å². The second-order valence-corrected chi connectivity index (χ2v) is 9.61. The molecule has 2 amide bonds. The third-order valence-electron chi connectivity index (χ3n) is 7.41. The number of hydrogen-bond donors (Lipinski definition) is 1. The Hall–Kier alpha value is -2.18. The lowest BCUT2D eigenvalue weighted by atomic mass is 9.99. The van der Waals surface area contributed by atoms with E-state index in [4.69, 9.17) is 4.98 Å². The Balaban J connectivity index is 1.33. The van der Waals surface area contributed by atoms with Crippen LogP contribution in [0.4, 0.5) is 0 Å². The van der Waals surface area contributed by atoms with Gasteiger partial charge in [-0.3, -0.25) is 14.4 Å². The third-order valence-corrected chi connectivity index (χ3v) is 7.41. The molecule has 162 valence electrons. The van der Waals surface area contributed by atoms with Crippen molar-refractivity contribution >= 4 is 11.8 Å². The summed E-state index contributed by atoms with van der Waals surface area (Å²) < 4.78 is 0. The molecule has 3 heterocycles. The van der Waals surface area contributed by atoms with Crippen LogP contribution in [0.1, 0.15) is 87.3 Å². The van der Waals surface area contributed by atoms with Crippen LogP contribution in [-0.2, 0) is 22.6 Å². The maximum Gasteiger partial charge on any atom is 0.256 e. The molecule has 0 radical (unpaired) electrons. The first kappa shape index (κ1) is 19.8. The SMILES string of the molecule is O=C(CC1CCCC1)N1CCc2nc(C3CCCCN3C(=O)C3CC3)[nH]c(=O)c2C1. The van der Waals surface area contributed by atoms with Crippen molar-refractivity contribution in [3.8, 4) is 0 Å². The van der Waals surface area contributed by atoms with E-state index in [1.807, 2.05) is 9.80 Å². The predicted octanol–water partition coefficient (Wildman–Crippen LogP) is 2.70. The summed E-state index contributed by atoms with van der Waals surface area (Å²) in [6.45, 7) is 1.74. The first-order valence-corrected chi connectivity index (χ1v) is 11.8. The van der Waals surface area contributed by atoms with E-state index in [9.17, 15) is 14.4 Å². The largest absolute Gasteiger partial charge is 0.338 e. The lowest BCUT2D eigenvalue weighted by molar-refractivity contribution is -0.136. The summed E-state index contributed by atoms with van der Waals surface area (Å²) in [6.07, 6.45) is 10.9. The lowest BCUT2D eigenvalue weighted by Gasteiger charge is -2.36. The van der Waals surface area contributed by atoms with Gasteiger partial charge in [0.05, 0.1) is 23.8 Å². The number of piperidine rings is 1. The van der Waals surface area contributed by atoms with Crippen LogP contribution in [0.2, 0.25) is 0 Å². The topological polar surface area (TPSA) is 86.4 Å². The predicted molar refractivity (Wildman–Crippen MR) is 112 cm³/mol. The summed E-state index contributed by atoms with van der Waals surface area (Å²) >= 11 is 0. The van der Waals surface area contributed by atoms with Crippen LogP contribution in [0, 0.1) is 11.8 Å². The molecular formula is C23H32N4O3. The molecule has 2 aliphatic carbocycles. The van der Waals surface area contributed by atoms with Crippen molar-refractivity contribution in [3.63, 3.8) is 0 Å². The number of hydrogen-bond acceptors (Lipinski definition) is 4. The van der Waals surface area contributed by atoms with Crippen molar-refractivity contribution in [2.24, 2.45) is 11.8 Å². The molecule has 1 aromatic heterocycles. The Morgan fingerprint density at radius 3 is 2.53 bits per heavy atom. The summed E-state index contributed by atoms with van der Waals surface area (Å²) in [5, 5.41) is 0. The quantitative estimate of drug-likeness (QED) is 0.824. The normalized spacial score (nSPS) is 24.7. The highest BCUT2D eigenvalue weighted by molar-refractivity contribution is 5.81. The first-order chi connectivity index (χ1) is 14.6. The highest BCUT2D eigenvalue weighted by atomic mass is 16.2. The highest BCUT2D eigenvalue weighted by Crippen LogP contribution is 2.37. The van der Waals surface area contributed by atoms with Crippen LogP contribution in [0.3, 0.4) is 0 Å². The second-order valence-electron chi connectivity index (χ2n) is 9.61. The van der Waals surface area contributed by atoms with E-state index < -0.39 is 0 Å². The van der Waals surface area contributed by atoms with Crippen molar-refractivity contribution < 1.29 is 9.59 Å². The van der Waals surface area contributed by atoms with Crippen LogP contribution >= 0.6 is 0 Å². The molecule has 1 saturated heterocycles. The number of fused-ring (bicyclic) bond motifs is 1. The summed E-state index contributed by atoms with van der Waals surface area (Å²) in [6, 6.07) is -0.119. The van der Waals surface area contributed by atoms with E-state index in [0.29, 0.717) is 43.2 Å². The van der Waals surface area contributed by atoms with E-state index >= 15 is 0 Å². The van der Waals surface area contributed by atoms with Crippen molar-refractivity contribution in [2.45, 2.75) is 83.2 Å². The number of likely N-dealkylation sites (tertiary alicyclic amines) is 1. The maximum atomic E-state index is 12.9. The van der Waals surface area contributed by atoms with Gasteiger partial charge in [-0.05, 0) is 50.9 Å². The minimum Gasteiger partial charge on any atom is -0.338 e. The number of aromatic amines is 1. The van der Waals surface area contributed by atoms with Gasteiger partial charge >= 0.3 is 0 Å². The zero-order valence-electron chi connectivity index (χ0n) is 17.7. The van der Waals surface area contributed by atoms with Crippen LogP contribution in [0.25, 0.3) is 0 Å². The number of nitrogens with one attached hydrogen (secondary N) is 1. The lowest BCUT2D eigenvalue weighted by Crippen LogP contribution is -2.43. The van der Waals surface area contributed by atoms with Crippen LogP contribution in [0.15, 0.2) is 4.79 Å². The fraction of sp³-hybridized carbons (Fsp3) is 0.739. The number of carbonyl (C=O) groups excluding carboxylic acids is 2. The zero-order valence-corrected chi connectivity index (χ0v) is 17.7. The molecule has 3 fully saturated rings. The van der Waals surface area contributed by atoms with Crippen molar-refractivity contribution in [2.75, 3.05) is 13.1 Å². The highest BCUT2D eigenvalue weighted by Gasteiger charge is 2.39. The van der Waals surface area contributed by atoms with Crippen LogP contribution in [0.5, 0.6) is 0 Å². The van der Waals surface area contributed by atoms with Gasteiger partial charge in [0, 0.05) is 31.8 Å². The van der Waals surface area contributed by atoms with Gasteiger partial charge in [0.25, 0.3) is 5.56 Å². The van der Waals surface area contributed by atoms with Crippen LogP contribution < -0.4 is 5.56 Å². The number of aromatic nitrogens is 2. The van der Waals surface area contributed by atoms with Crippen molar-refractivity contribution in [1.82, 2.24) is 19.8 Å². The molecule has 7 nitrogen and oxygen atoms in total. The molecule has 30 heavy (non-hydrogen) atoms. The molecule has 7 heteroatoms. The minimum atomic E-state index is -0.141. The van der Waals surface area contributed by atoms with Gasteiger partial charge in [-0.2, -0.15) is 0 Å². The number of amides is 2. The summed E-state index contributed by atoms with van der Waals surface area (Å²) in [4.78, 5) is 50.0. The van der Waals surface area contributed by atoms with E-state index in [0.717, 1.165) is 57.2 Å². The summed E-state index contributed by atoms with van der Waals surface area (Å²) in [5.41, 5.74) is 1.29. The Morgan fingerprint density at radius 1 is 1.00 bits per heavy atom. The van der Waals surface area contributed by atoms with Gasteiger partial charge in [0.1, 0.15) is 5.82 Å². The number of carbonyl (C=O) groups is 2. The molecule has 0 aromatic carbocycles. The van der Waals surface area contributed by atoms with E-state index in [1.165, 1.54) is 12.8 Å². The molecule has 1 aromatic rings. The molecule has 1 N–H and O–H groups in total. The Morgan fingerprint density at radius 2 is 1.77 bits per heavy atom. The number of nitrogens with zero attached hydrogens (tertiary/aromatic N) is 3. The minimum absolute atomic E-state index is 0.119. The first-order valence-electron chi connectivity index (χ1n) is 11.8. The zero-order chi connectivity index (χ0) is 20.7. The fourth-order valence-electron chi connectivity index (χ4n) is 5.45. The monoisotopic (exact) mass is 412 g/mol. The molecule has 2 aliphatic heterocycles.